The number of nitrogens with one attached hydrogen (secondary N) is 1. The van der Waals surface area contributed by atoms with Crippen molar-refractivity contribution in [1.82, 2.24) is 0 Å². The van der Waals surface area contributed by atoms with Crippen molar-refractivity contribution >= 4 is 34.4 Å². The summed E-state index contributed by atoms with van der Waals surface area (Å²) in [6.45, 7) is 4.94. The molecule has 1 aliphatic carbocycles. The summed E-state index contributed by atoms with van der Waals surface area (Å²) in [4.78, 5) is 11.5. The molecule has 0 atom stereocenters. The normalized spacial score (nSPS) is 14.2. The minimum absolute atomic E-state index is 0.0145. The highest BCUT2D eigenvalue weighted by atomic mass is 32.1. The number of fused-ring (bicyclic) bond motifs is 1. The average molecular weight is 461 g/mol. The number of rotatable bonds is 5. The van der Waals surface area contributed by atoms with E-state index in [2.05, 4.69) is 49.5 Å². The second kappa shape index (κ2) is 8.89. The molecule has 0 saturated carbocycles. The molecule has 0 saturated heterocycles. The minimum Gasteiger partial charge on any atom is -0.478 e. The predicted octanol–water partition coefficient (Wildman–Crippen LogP) is 5.88. The molecule has 4 nitrogen and oxygen atoms in total. The van der Waals surface area contributed by atoms with Gasteiger partial charge in [0.15, 0.2) is 0 Å². The van der Waals surface area contributed by atoms with E-state index in [1.807, 2.05) is 18.2 Å². The van der Waals surface area contributed by atoms with Gasteiger partial charge in [-0.3, -0.25) is 0 Å². The number of aromatic carboxylic acids is 1. The van der Waals surface area contributed by atoms with Gasteiger partial charge >= 0.3 is 5.97 Å². The molecule has 0 unspecified atom stereocenters. The summed E-state index contributed by atoms with van der Waals surface area (Å²) >= 11 is 5.60. The maximum Gasteiger partial charge on any atom is 0.338 e. The lowest BCUT2D eigenvalue weighted by Crippen LogP contribution is -2.23. The average Bonchev–Trinajstić information content (AvgIpc) is 2.79. The first-order valence-electron chi connectivity index (χ1n) is 10.7. The van der Waals surface area contributed by atoms with Gasteiger partial charge in [-0.2, -0.15) is 0 Å². The second-order valence-corrected chi connectivity index (χ2v) is 9.23. The van der Waals surface area contributed by atoms with Crippen molar-refractivity contribution in [3.63, 3.8) is 0 Å². The number of allylic oxidation sites excluding steroid dienone is 1. The molecule has 0 fully saturated rings. The first-order chi connectivity index (χ1) is 15.7. The van der Waals surface area contributed by atoms with Crippen LogP contribution in [0.3, 0.4) is 0 Å². The zero-order valence-corrected chi connectivity index (χ0v) is 19.3. The minimum atomic E-state index is -1.31. The lowest BCUT2D eigenvalue weighted by molar-refractivity contribution is 0.0692. The Hall–Kier alpha value is -3.35. The van der Waals surface area contributed by atoms with Gasteiger partial charge in [0.1, 0.15) is 10.8 Å². The Morgan fingerprint density at radius 2 is 1.85 bits per heavy atom. The van der Waals surface area contributed by atoms with Gasteiger partial charge in [0.25, 0.3) is 0 Å². The number of hydrogen-bond donors (Lipinski definition) is 3. The van der Waals surface area contributed by atoms with Gasteiger partial charge < -0.3 is 16.2 Å². The van der Waals surface area contributed by atoms with Crippen LogP contribution in [0.15, 0.2) is 66.7 Å². The number of carboxylic acid groups (broad SMARTS) is 1. The summed E-state index contributed by atoms with van der Waals surface area (Å²) in [6, 6.07) is 18.3. The maximum absolute atomic E-state index is 14.1. The molecule has 3 aromatic rings. The fraction of sp³-hybridized carbons (Fsp3) is 0.185. The summed E-state index contributed by atoms with van der Waals surface area (Å²) in [7, 11) is 0. The van der Waals surface area contributed by atoms with Gasteiger partial charge in [0.05, 0.1) is 5.56 Å². The van der Waals surface area contributed by atoms with Crippen LogP contribution >= 0.6 is 12.2 Å². The lowest BCUT2D eigenvalue weighted by atomic mass is 9.72. The molecule has 0 aliphatic heterocycles. The van der Waals surface area contributed by atoms with E-state index in [4.69, 9.17) is 23.1 Å². The summed E-state index contributed by atoms with van der Waals surface area (Å²) in [5.74, 6) is -2.12. The van der Waals surface area contributed by atoms with E-state index in [1.54, 1.807) is 0 Å². The molecule has 33 heavy (non-hydrogen) atoms. The Labute approximate surface area is 198 Å². The summed E-state index contributed by atoms with van der Waals surface area (Å²) in [5.41, 5.74) is 12.3. The number of halogens is 1. The van der Waals surface area contributed by atoms with Crippen molar-refractivity contribution in [3.8, 4) is 0 Å². The maximum atomic E-state index is 14.1. The number of benzene rings is 3. The SMILES string of the molecule is CC1(C)CC=C(c2ccc(CN)cc2)c2cc(C(=S)Nc3ccc(C(=O)O)c(F)c3)ccc21. The van der Waals surface area contributed by atoms with E-state index in [0.29, 0.717) is 17.2 Å². The zero-order chi connectivity index (χ0) is 23.8. The Bertz CT molecular complexity index is 1280. The Balaban J connectivity index is 1.68. The summed E-state index contributed by atoms with van der Waals surface area (Å²) < 4.78 is 14.1. The van der Waals surface area contributed by atoms with Gasteiger partial charge in [-0.05, 0) is 63.9 Å². The van der Waals surface area contributed by atoms with Crippen LogP contribution in [0.25, 0.3) is 5.57 Å². The first-order valence-corrected chi connectivity index (χ1v) is 11.1. The van der Waals surface area contributed by atoms with Crippen molar-refractivity contribution in [1.29, 1.82) is 0 Å². The molecule has 0 bridgehead atoms. The van der Waals surface area contributed by atoms with E-state index in [0.717, 1.165) is 40.3 Å². The van der Waals surface area contributed by atoms with Crippen molar-refractivity contribution in [2.75, 3.05) is 5.32 Å². The highest BCUT2D eigenvalue weighted by Gasteiger charge is 2.29. The largest absolute Gasteiger partial charge is 0.478 e. The van der Waals surface area contributed by atoms with Crippen LogP contribution in [-0.2, 0) is 12.0 Å². The number of hydrogen-bond acceptors (Lipinski definition) is 3. The van der Waals surface area contributed by atoms with Crippen molar-refractivity contribution in [3.05, 3.63) is 106 Å². The quantitative estimate of drug-likeness (QED) is 0.415. The molecule has 168 valence electrons. The number of carboxylic acids is 1. The molecule has 0 amide bonds. The number of thiocarbonyl (C=S) groups is 1. The van der Waals surface area contributed by atoms with Crippen LogP contribution in [0.2, 0.25) is 0 Å². The molecule has 3 aromatic carbocycles. The van der Waals surface area contributed by atoms with E-state index >= 15 is 0 Å². The van der Waals surface area contributed by atoms with Crippen LogP contribution in [0.4, 0.5) is 10.1 Å². The van der Waals surface area contributed by atoms with Gasteiger partial charge in [-0.25, -0.2) is 9.18 Å². The smallest absolute Gasteiger partial charge is 0.338 e. The van der Waals surface area contributed by atoms with Crippen LogP contribution in [-0.4, -0.2) is 16.1 Å². The molecule has 0 radical (unpaired) electrons. The number of carbonyl (C=O) groups is 1. The standard InChI is InChI=1S/C27H25FN2O2S/c1-27(2)12-11-20(17-5-3-16(15-29)4-6-17)22-13-18(7-10-23(22)27)25(33)30-19-8-9-21(26(31)32)24(28)14-19/h3-11,13-14H,12,15,29H2,1-2H3,(H,30,33)(H,31,32). The van der Waals surface area contributed by atoms with Crippen LogP contribution in [0.5, 0.6) is 0 Å². The molecule has 0 heterocycles. The monoisotopic (exact) mass is 460 g/mol. The molecular formula is C27H25FN2O2S. The summed E-state index contributed by atoms with van der Waals surface area (Å²) in [6.07, 6.45) is 3.19. The van der Waals surface area contributed by atoms with E-state index in [9.17, 15) is 9.18 Å². The molecule has 6 heteroatoms. The molecule has 0 spiro atoms. The first kappa shape index (κ1) is 22.8. The predicted molar refractivity (Wildman–Crippen MR) is 134 cm³/mol. The summed E-state index contributed by atoms with van der Waals surface area (Å²) in [5, 5.41) is 12.0. The lowest BCUT2D eigenvalue weighted by Gasteiger charge is -2.33. The van der Waals surface area contributed by atoms with Gasteiger partial charge in [0.2, 0.25) is 0 Å². The van der Waals surface area contributed by atoms with E-state index in [1.165, 1.54) is 17.7 Å². The van der Waals surface area contributed by atoms with E-state index < -0.39 is 11.8 Å². The zero-order valence-electron chi connectivity index (χ0n) is 18.5. The third-order valence-corrected chi connectivity index (χ3v) is 6.41. The number of anilines is 1. The third-order valence-electron chi connectivity index (χ3n) is 6.08. The number of nitrogens with two attached hydrogens (primary N) is 1. The van der Waals surface area contributed by atoms with Gasteiger partial charge in [0, 0.05) is 17.8 Å². The Kier molecular flexibility index (Phi) is 6.15. The van der Waals surface area contributed by atoms with Crippen molar-refractivity contribution < 1.29 is 14.3 Å². The van der Waals surface area contributed by atoms with Crippen LogP contribution in [0, 0.1) is 5.82 Å². The van der Waals surface area contributed by atoms with Gasteiger partial charge in [-0.15, -0.1) is 0 Å². The molecule has 1 aliphatic rings. The van der Waals surface area contributed by atoms with Crippen LogP contribution < -0.4 is 11.1 Å². The topological polar surface area (TPSA) is 75.3 Å². The Morgan fingerprint density at radius 1 is 1.12 bits per heavy atom. The second-order valence-electron chi connectivity index (χ2n) is 8.82. The highest BCUT2D eigenvalue weighted by molar-refractivity contribution is 7.81. The Morgan fingerprint density at radius 3 is 2.48 bits per heavy atom. The molecule has 0 aromatic heterocycles. The van der Waals surface area contributed by atoms with Crippen molar-refractivity contribution in [2.24, 2.45) is 5.73 Å². The van der Waals surface area contributed by atoms with E-state index in [-0.39, 0.29) is 11.0 Å². The van der Waals surface area contributed by atoms with Crippen molar-refractivity contribution in [2.45, 2.75) is 32.2 Å². The molecular weight excluding hydrogens is 435 g/mol. The fourth-order valence-electron chi connectivity index (χ4n) is 4.14. The molecule has 4 rings (SSSR count). The van der Waals surface area contributed by atoms with Crippen LogP contribution in [0.1, 0.15) is 58.4 Å². The highest BCUT2D eigenvalue weighted by Crippen LogP contribution is 2.41. The molecule has 4 N–H and O–H groups in total. The fourth-order valence-corrected chi connectivity index (χ4v) is 4.38. The van der Waals surface area contributed by atoms with Gasteiger partial charge in [-0.1, -0.05) is 68.5 Å². The third kappa shape index (κ3) is 4.58.